The standard InChI is InChI=1S/C18H21BrN2O4S/c1-4-12(2)18(22)20-16-11-15(9-10-17(16)25-3)26(23,24)21-14-7-5-13(19)6-8-14/h5-12,21H,4H2,1-3H3,(H,20,22). The number of rotatable bonds is 7. The van der Waals surface area contributed by atoms with E-state index in [1.165, 1.54) is 25.3 Å². The maximum atomic E-state index is 12.6. The van der Waals surface area contributed by atoms with Gasteiger partial charge in [0, 0.05) is 16.1 Å². The molecule has 0 radical (unpaired) electrons. The number of anilines is 2. The third kappa shape index (κ3) is 4.98. The first-order valence-corrected chi connectivity index (χ1v) is 10.3. The highest BCUT2D eigenvalue weighted by Crippen LogP contribution is 2.29. The largest absolute Gasteiger partial charge is 0.495 e. The number of hydrogen-bond donors (Lipinski definition) is 2. The van der Waals surface area contributed by atoms with Crippen LogP contribution in [0, 0.1) is 5.92 Å². The van der Waals surface area contributed by atoms with Gasteiger partial charge in [0.25, 0.3) is 10.0 Å². The van der Waals surface area contributed by atoms with Gasteiger partial charge in [-0.05, 0) is 48.9 Å². The summed E-state index contributed by atoms with van der Waals surface area (Å²) in [6, 6.07) is 11.1. The molecule has 0 saturated carbocycles. The molecule has 0 aliphatic heterocycles. The molecule has 0 heterocycles. The van der Waals surface area contributed by atoms with Crippen molar-refractivity contribution in [1.82, 2.24) is 0 Å². The van der Waals surface area contributed by atoms with Crippen molar-refractivity contribution in [2.75, 3.05) is 17.1 Å². The smallest absolute Gasteiger partial charge is 0.261 e. The third-order valence-electron chi connectivity index (χ3n) is 3.90. The Balaban J connectivity index is 2.32. The lowest BCUT2D eigenvalue weighted by molar-refractivity contribution is -0.119. The lowest BCUT2D eigenvalue weighted by atomic mass is 10.1. The van der Waals surface area contributed by atoms with Gasteiger partial charge in [-0.2, -0.15) is 0 Å². The molecule has 6 nitrogen and oxygen atoms in total. The first-order valence-electron chi connectivity index (χ1n) is 8.04. The number of carbonyl (C=O) groups is 1. The van der Waals surface area contributed by atoms with Gasteiger partial charge in [-0.25, -0.2) is 8.42 Å². The van der Waals surface area contributed by atoms with Gasteiger partial charge < -0.3 is 10.1 Å². The van der Waals surface area contributed by atoms with E-state index in [4.69, 9.17) is 4.74 Å². The summed E-state index contributed by atoms with van der Waals surface area (Å²) in [6.07, 6.45) is 0.678. The predicted octanol–water partition coefficient (Wildman–Crippen LogP) is 4.24. The van der Waals surface area contributed by atoms with Crippen molar-refractivity contribution >= 4 is 43.2 Å². The lowest BCUT2D eigenvalue weighted by Gasteiger charge is -2.15. The molecule has 2 aromatic rings. The molecule has 2 aromatic carbocycles. The van der Waals surface area contributed by atoms with Gasteiger partial charge >= 0.3 is 0 Å². The maximum absolute atomic E-state index is 12.6. The average molecular weight is 441 g/mol. The summed E-state index contributed by atoms with van der Waals surface area (Å²) in [5.74, 6) is 0.00585. The van der Waals surface area contributed by atoms with Gasteiger partial charge in [-0.3, -0.25) is 9.52 Å². The molecule has 2 rings (SSSR count). The Hall–Kier alpha value is -2.06. The quantitative estimate of drug-likeness (QED) is 0.673. The van der Waals surface area contributed by atoms with Crippen molar-refractivity contribution in [3.05, 3.63) is 46.9 Å². The van der Waals surface area contributed by atoms with E-state index in [1.807, 2.05) is 6.92 Å². The Morgan fingerprint density at radius 2 is 1.85 bits per heavy atom. The molecule has 8 heteroatoms. The summed E-state index contributed by atoms with van der Waals surface area (Å²) in [5.41, 5.74) is 0.755. The van der Waals surface area contributed by atoms with Crippen LogP contribution in [-0.2, 0) is 14.8 Å². The van der Waals surface area contributed by atoms with E-state index in [9.17, 15) is 13.2 Å². The van der Waals surface area contributed by atoms with Crippen molar-refractivity contribution in [3.63, 3.8) is 0 Å². The molecule has 1 amide bonds. The summed E-state index contributed by atoms with van der Waals surface area (Å²) in [7, 11) is -2.35. The van der Waals surface area contributed by atoms with E-state index < -0.39 is 10.0 Å². The number of hydrogen-bond acceptors (Lipinski definition) is 4. The number of nitrogens with one attached hydrogen (secondary N) is 2. The molecule has 140 valence electrons. The minimum atomic E-state index is -3.81. The molecule has 0 aliphatic carbocycles. The Labute approximate surface area is 162 Å². The zero-order chi connectivity index (χ0) is 19.3. The lowest BCUT2D eigenvalue weighted by Crippen LogP contribution is -2.20. The van der Waals surface area contributed by atoms with Crippen LogP contribution >= 0.6 is 15.9 Å². The highest BCUT2D eigenvalue weighted by molar-refractivity contribution is 9.10. The second-order valence-corrected chi connectivity index (χ2v) is 8.37. The molecule has 1 unspecified atom stereocenters. The monoisotopic (exact) mass is 440 g/mol. The molecule has 0 spiro atoms. The Kier molecular flexibility index (Phi) is 6.66. The van der Waals surface area contributed by atoms with E-state index in [0.717, 1.165) is 4.47 Å². The number of methoxy groups -OCH3 is 1. The second-order valence-electron chi connectivity index (χ2n) is 5.77. The third-order valence-corrected chi connectivity index (χ3v) is 5.80. The zero-order valence-corrected chi connectivity index (χ0v) is 17.1. The average Bonchev–Trinajstić information content (AvgIpc) is 2.62. The number of halogens is 1. The van der Waals surface area contributed by atoms with Gasteiger partial charge in [0.1, 0.15) is 5.75 Å². The number of carbonyl (C=O) groups excluding carboxylic acids is 1. The van der Waals surface area contributed by atoms with Crippen LogP contribution in [0.25, 0.3) is 0 Å². The highest BCUT2D eigenvalue weighted by atomic mass is 79.9. The van der Waals surface area contributed by atoms with Crippen LogP contribution in [0.3, 0.4) is 0 Å². The summed E-state index contributed by atoms with van der Waals surface area (Å²) in [6.45, 7) is 3.71. The minimum Gasteiger partial charge on any atom is -0.495 e. The molecule has 0 aromatic heterocycles. The summed E-state index contributed by atoms with van der Waals surface area (Å²) >= 11 is 3.30. The molecular formula is C18H21BrN2O4S. The van der Waals surface area contributed by atoms with Gasteiger partial charge in [-0.1, -0.05) is 29.8 Å². The first kappa shape index (κ1) is 20.3. The zero-order valence-electron chi connectivity index (χ0n) is 14.7. The van der Waals surface area contributed by atoms with Crippen LogP contribution in [-0.4, -0.2) is 21.4 Å². The predicted molar refractivity (Wildman–Crippen MR) is 106 cm³/mol. The van der Waals surface area contributed by atoms with E-state index in [0.29, 0.717) is 23.5 Å². The van der Waals surface area contributed by atoms with Crippen LogP contribution in [0.1, 0.15) is 20.3 Å². The first-order chi connectivity index (χ1) is 12.3. The normalized spacial score (nSPS) is 12.3. The summed E-state index contributed by atoms with van der Waals surface area (Å²) in [5, 5.41) is 2.73. The van der Waals surface area contributed by atoms with Crippen LogP contribution < -0.4 is 14.8 Å². The Morgan fingerprint density at radius 1 is 1.19 bits per heavy atom. The van der Waals surface area contributed by atoms with E-state index in [-0.39, 0.29) is 16.7 Å². The molecule has 0 fully saturated rings. The fourth-order valence-electron chi connectivity index (χ4n) is 2.13. The van der Waals surface area contributed by atoms with Crippen molar-refractivity contribution in [3.8, 4) is 5.75 Å². The van der Waals surface area contributed by atoms with E-state index in [1.54, 1.807) is 31.2 Å². The van der Waals surface area contributed by atoms with Crippen LogP contribution in [0.4, 0.5) is 11.4 Å². The van der Waals surface area contributed by atoms with Gasteiger partial charge in [0.05, 0.1) is 17.7 Å². The molecule has 2 N–H and O–H groups in total. The molecule has 1 atom stereocenters. The highest BCUT2D eigenvalue weighted by Gasteiger charge is 2.19. The van der Waals surface area contributed by atoms with Crippen LogP contribution in [0.15, 0.2) is 51.8 Å². The summed E-state index contributed by atoms with van der Waals surface area (Å²) < 4.78 is 33.9. The fourth-order valence-corrected chi connectivity index (χ4v) is 3.47. The molecule has 0 aliphatic rings. The number of benzene rings is 2. The van der Waals surface area contributed by atoms with Gasteiger partial charge in [-0.15, -0.1) is 0 Å². The topological polar surface area (TPSA) is 84.5 Å². The molecule has 26 heavy (non-hydrogen) atoms. The van der Waals surface area contributed by atoms with Crippen LogP contribution in [0.2, 0.25) is 0 Å². The van der Waals surface area contributed by atoms with Crippen molar-refractivity contribution in [2.24, 2.45) is 5.92 Å². The Morgan fingerprint density at radius 3 is 2.42 bits per heavy atom. The van der Waals surface area contributed by atoms with Crippen molar-refractivity contribution in [2.45, 2.75) is 25.2 Å². The second kappa shape index (κ2) is 8.55. The van der Waals surface area contributed by atoms with E-state index >= 15 is 0 Å². The number of ether oxygens (including phenoxy) is 1. The fraction of sp³-hybridized carbons (Fsp3) is 0.278. The Bertz CT molecular complexity index is 883. The maximum Gasteiger partial charge on any atom is 0.261 e. The number of amides is 1. The molecular weight excluding hydrogens is 420 g/mol. The molecule has 0 saturated heterocycles. The van der Waals surface area contributed by atoms with Crippen LogP contribution in [0.5, 0.6) is 5.75 Å². The van der Waals surface area contributed by atoms with E-state index in [2.05, 4.69) is 26.0 Å². The van der Waals surface area contributed by atoms with Gasteiger partial charge in [0.2, 0.25) is 5.91 Å². The van der Waals surface area contributed by atoms with Gasteiger partial charge in [0.15, 0.2) is 0 Å². The minimum absolute atomic E-state index is 0.0284. The molecule has 0 bridgehead atoms. The SMILES string of the molecule is CCC(C)C(=O)Nc1cc(S(=O)(=O)Nc2ccc(Br)cc2)ccc1OC. The van der Waals surface area contributed by atoms with Crippen molar-refractivity contribution in [1.29, 1.82) is 0 Å². The summed E-state index contributed by atoms with van der Waals surface area (Å²) in [4.78, 5) is 12.2. The number of sulfonamides is 1. The van der Waals surface area contributed by atoms with Crippen molar-refractivity contribution < 1.29 is 17.9 Å².